The Morgan fingerprint density at radius 1 is 1.21 bits per heavy atom. The fraction of sp³-hybridized carbons (Fsp3) is 1.00. The first-order valence-electron chi connectivity index (χ1n) is 3.03. The van der Waals surface area contributed by atoms with E-state index in [4.69, 9.17) is 9.11 Å². The van der Waals surface area contributed by atoms with E-state index in [-0.39, 0.29) is 0 Å². The molecule has 0 radical (unpaired) electrons. The van der Waals surface area contributed by atoms with E-state index in [0.717, 1.165) is 6.92 Å². The highest BCUT2D eigenvalue weighted by atomic mass is 32.3. The van der Waals surface area contributed by atoms with Gasteiger partial charge in [-0.3, -0.25) is 9.11 Å². The first-order chi connectivity index (χ1) is 6.02. The molecule has 2 N–H and O–H groups in total. The van der Waals surface area contributed by atoms with Crippen LogP contribution < -0.4 is 0 Å². The largest absolute Gasteiger partial charge is 0.400 e. The average molecular weight is 250 g/mol. The molecule has 2 atom stereocenters. The van der Waals surface area contributed by atoms with Crippen molar-refractivity contribution in [1.82, 2.24) is 0 Å². The number of hydrogen-bond donors (Lipinski definition) is 2. The van der Waals surface area contributed by atoms with Gasteiger partial charge in [-0.15, -0.1) is 0 Å². The fourth-order valence-corrected chi connectivity index (χ4v) is 1.64. The van der Waals surface area contributed by atoms with Crippen molar-refractivity contribution in [3.63, 3.8) is 0 Å². The van der Waals surface area contributed by atoms with Crippen LogP contribution in [0, 0.1) is 0 Å². The van der Waals surface area contributed by atoms with Gasteiger partial charge in [-0.25, -0.2) is 8.37 Å². The summed E-state index contributed by atoms with van der Waals surface area (Å²) in [5.74, 6) is -1.94. The highest BCUT2D eigenvalue weighted by Gasteiger charge is 2.60. The van der Waals surface area contributed by atoms with Crippen LogP contribution in [0.1, 0.15) is 6.92 Å². The Labute approximate surface area is 79.5 Å². The number of hydrogen-bond acceptors (Lipinski definition) is 7. The molecular weight excluding hydrogens is 244 g/mol. The molecule has 0 aliphatic carbocycles. The van der Waals surface area contributed by atoms with Gasteiger partial charge in [-0.2, -0.15) is 16.8 Å². The third kappa shape index (κ3) is 3.45. The van der Waals surface area contributed by atoms with Gasteiger partial charge in [0.05, 0.1) is 0 Å². The van der Waals surface area contributed by atoms with E-state index < -0.39 is 32.9 Å². The Morgan fingerprint density at radius 3 is 2.07 bits per heavy atom. The van der Waals surface area contributed by atoms with Gasteiger partial charge < -0.3 is 4.74 Å². The van der Waals surface area contributed by atoms with Gasteiger partial charge >= 0.3 is 20.8 Å². The van der Waals surface area contributed by atoms with Crippen LogP contribution in [0.3, 0.4) is 0 Å². The first kappa shape index (κ1) is 11.8. The molecule has 0 saturated carbocycles. The summed E-state index contributed by atoms with van der Waals surface area (Å²) in [5, 5.41) is 0. The monoisotopic (exact) mass is 250 g/mol. The van der Waals surface area contributed by atoms with Crippen molar-refractivity contribution in [3.05, 3.63) is 0 Å². The quantitative estimate of drug-likeness (QED) is 0.460. The summed E-state index contributed by atoms with van der Waals surface area (Å²) in [6.07, 6.45) is -1.61. The summed E-state index contributed by atoms with van der Waals surface area (Å²) >= 11 is 0. The Balaban J connectivity index is 2.60. The van der Waals surface area contributed by atoms with Crippen LogP contribution in [0.15, 0.2) is 0 Å². The SMILES string of the molecule is CC1(OS(=O)(=O)O)OC1OS(=O)(=O)O. The molecular formula is C3H6O9S2. The first-order valence-corrected chi connectivity index (χ1v) is 5.76. The van der Waals surface area contributed by atoms with E-state index in [1.807, 2.05) is 0 Å². The van der Waals surface area contributed by atoms with E-state index in [1.165, 1.54) is 0 Å². The normalized spacial score (nSPS) is 32.9. The standard InChI is InChI=1S/C3H6O9S2/c1-3(12-14(7,8)9)2(10-3)11-13(4,5)6/h2H,1H3,(H,4,5,6)(H,7,8,9). The molecule has 14 heavy (non-hydrogen) atoms. The molecule has 9 nitrogen and oxygen atoms in total. The molecule has 0 spiro atoms. The van der Waals surface area contributed by atoms with E-state index >= 15 is 0 Å². The highest BCUT2D eigenvalue weighted by molar-refractivity contribution is 7.81. The van der Waals surface area contributed by atoms with Gasteiger partial charge in [0.15, 0.2) is 0 Å². The summed E-state index contributed by atoms with van der Waals surface area (Å²) in [7, 11) is -9.56. The molecule has 1 fully saturated rings. The Kier molecular flexibility index (Phi) is 2.60. The highest BCUT2D eigenvalue weighted by Crippen LogP contribution is 2.39. The van der Waals surface area contributed by atoms with Gasteiger partial charge in [0.2, 0.25) is 12.1 Å². The van der Waals surface area contributed by atoms with Crippen LogP contribution in [0.4, 0.5) is 0 Å². The van der Waals surface area contributed by atoms with E-state index in [0.29, 0.717) is 0 Å². The van der Waals surface area contributed by atoms with E-state index in [2.05, 4.69) is 13.1 Å². The van der Waals surface area contributed by atoms with Crippen molar-refractivity contribution < 1.29 is 39.0 Å². The van der Waals surface area contributed by atoms with Gasteiger partial charge in [-0.05, 0) is 6.92 Å². The van der Waals surface area contributed by atoms with Crippen LogP contribution >= 0.6 is 0 Å². The van der Waals surface area contributed by atoms with Crippen LogP contribution in [0.5, 0.6) is 0 Å². The molecule has 0 aromatic rings. The summed E-state index contributed by atoms with van der Waals surface area (Å²) in [6.45, 7) is 0.997. The van der Waals surface area contributed by atoms with E-state index in [1.54, 1.807) is 0 Å². The summed E-state index contributed by atoms with van der Waals surface area (Å²) in [4.78, 5) is 0. The minimum Gasteiger partial charge on any atom is -0.308 e. The van der Waals surface area contributed by atoms with E-state index in [9.17, 15) is 16.8 Å². The maximum absolute atomic E-state index is 10.2. The number of rotatable bonds is 4. The molecule has 1 aliphatic rings. The molecule has 1 aliphatic heterocycles. The Morgan fingerprint density at radius 2 is 1.71 bits per heavy atom. The smallest absolute Gasteiger partial charge is 0.308 e. The minimum atomic E-state index is -4.79. The second-order valence-electron chi connectivity index (χ2n) is 2.50. The van der Waals surface area contributed by atoms with Gasteiger partial charge in [0, 0.05) is 0 Å². The molecule has 1 heterocycles. The summed E-state index contributed by atoms with van der Waals surface area (Å²) < 4.78 is 69.0. The molecule has 1 rings (SSSR count). The molecule has 0 aromatic heterocycles. The van der Waals surface area contributed by atoms with Crippen molar-refractivity contribution in [2.24, 2.45) is 0 Å². The number of epoxide rings is 1. The van der Waals surface area contributed by atoms with Gasteiger partial charge in [0.1, 0.15) is 0 Å². The third-order valence-corrected chi connectivity index (χ3v) is 2.15. The van der Waals surface area contributed by atoms with Crippen LogP contribution in [0.25, 0.3) is 0 Å². The fourth-order valence-electron chi connectivity index (χ4n) is 0.664. The topological polar surface area (TPSA) is 140 Å². The van der Waals surface area contributed by atoms with Crippen LogP contribution in [0.2, 0.25) is 0 Å². The Bertz CT molecular complexity index is 419. The molecule has 0 amide bonds. The minimum absolute atomic E-state index is 0.997. The van der Waals surface area contributed by atoms with Crippen LogP contribution in [-0.2, 0) is 33.9 Å². The second-order valence-corrected chi connectivity index (χ2v) is 4.57. The molecule has 0 bridgehead atoms. The molecule has 2 unspecified atom stereocenters. The van der Waals surface area contributed by atoms with Gasteiger partial charge in [0.25, 0.3) is 0 Å². The van der Waals surface area contributed by atoms with Crippen molar-refractivity contribution in [3.8, 4) is 0 Å². The third-order valence-electron chi connectivity index (χ3n) is 1.19. The van der Waals surface area contributed by atoms with Crippen molar-refractivity contribution in [2.45, 2.75) is 19.0 Å². The molecule has 84 valence electrons. The maximum atomic E-state index is 10.2. The summed E-state index contributed by atoms with van der Waals surface area (Å²) in [5.41, 5.74) is 0. The zero-order valence-electron chi connectivity index (χ0n) is 6.65. The predicted molar refractivity (Wildman–Crippen MR) is 38.5 cm³/mol. The second kappa shape index (κ2) is 3.10. The zero-order valence-corrected chi connectivity index (χ0v) is 8.28. The van der Waals surface area contributed by atoms with Crippen molar-refractivity contribution in [2.75, 3.05) is 0 Å². The molecule has 0 aromatic carbocycles. The number of ether oxygens (including phenoxy) is 1. The van der Waals surface area contributed by atoms with Gasteiger partial charge in [-0.1, -0.05) is 0 Å². The van der Waals surface area contributed by atoms with Crippen LogP contribution in [-0.4, -0.2) is 38.0 Å². The molecule has 1 saturated heterocycles. The summed E-state index contributed by atoms with van der Waals surface area (Å²) in [6, 6.07) is 0. The average Bonchev–Trinajstić information content (AvgIpc) is 2.29. The lowest BCUT2D eigenvalue weighted by Crippen LogP contribution is -2.22. The predicted octanol–water partition coefficient (Wildman–Crippen LogP) is -1.30. The zero-order chi connectivity index (χ0) is 11.2. The van der Waals surface area contributed by atoms with Crippen molar-refractivity contribution in [1.29, 1.82) is 0 Å². The molecule has 11 heteroatoms. The van der Waals surface area contributed by atoms with Crippen molar-refractivity contribution >= 4 is 20.8 Å². The lowest BCUT2D eigenvalue weighted by Gasteiger charge is -2.02. The Hall–Kier alpha value is -0.300. The lowest BCUT2D eigenvalue weighted by molar-refractivity contribution is 0.0736. The maximum Gasteiger partial charge on any atom is 0.400 e. The lowest BCUT2D eigenvalue weighted by atomic mass is 10.4.